The monoisotopic (exact) mass is 274 g/mol. The second-order valence-electron chi connectivity index (χ2n) is 4.94. The lowest BCUT2D eigenvalue weighted by Crippen LogP contribution is -2.21. The molecule has 0 fully saturated rings. The smallest absolute Gasteiger partial charge is 0.213 e. The van der Waals surface area contributed by atoms with E-state index in [4.69, 9.17) is 4.74 Å². The first-order chi connectivity index (χ1) is 9.60. The first kappa shape index (κ1) is 14.5. The Labute approximate surface area is 118 Å². The number of halogens is 1. The highest BCUT2D eigenvalue weighted by molar-refractivity contribution is 5.65. The number of benzene rings is 1. The van der Waals surface area contributed by atoms with Crippen LogP contribution < -0.4 is 10.1 Å². The maximum atomic E-state index is 14.2. The van der Waals surface area contributed by atoms with Crippen LogP contribution in [0.2, 0.25) is 0 Å². The number of hydrogen-bond acceptors (Lipinski definition) is 3. The van der Waals surface area contributed by atoms with Crippen molar-refractivity contribution in [2.75, 3.05) is 7.11 Å². The molecule has 0 bridgehead atoms. The highest BCUT2D eigenvalue weighted by atomic mass is 19.1. The molecule has 1 heterocycles. The first-order valence-corrected chi connectivity index (χ1v) is 6.62. The van der Waals surface area contributed by atoms with Crippen LogP contribution in [0, 0.1) is 5.82 Å². The van der Waals surface area contributed by atoms with Crippen LogP contribution in [0.15, 0.2) is 36.5 Å². The van der Waals surface area contributed by atoms with Crippen LogP contribution in [0.3, 0.4) is 0 Å². The molecule has 0 spiro atoms. The second kappa shape index (κ2) is 6.48. The summed E-state index contributed by atoms with van der Waals surface area (Å²) >= 11 is 0. The average molecular weight is 274 g/mol. The van der Waals surface area contributed by atoms with Gasteiger partial charge in [-0.2, -0.15) is 0 Å². The topological polar surface area (TPSA) is 34.1 Å². The van der Waals surface area contributed by atoms with E-state index < -0.39 is 0 Å². The fraction of sp³-hybridized carbons (Fsp3) is 0.312. The number of methoxy groups -OCH3 is 1. The zero-order valence-corrected chi connectivity index (χ0v) is 12.0. The van der Waals surface area contributed by atoms with E-state index in [1.165, 1.54) is 0 Å². The van der Waals surface area contributed by atoms with Crippen LogP contribution in [0.4, 0.5) is 4.39 Å². The third kappa shape index (κ3) is 3.54. The summed E-state index contributed by atoms with van der Waals surface area (Å²) in [6, 6.07) is 9.17. The average Bonchev–Trinajstić information content (AvgIpc) is 2.45. The molecule has 4 heteroatoms. The van der Waals surface area contributed by atoms with Crippen LogP contribution in [0.5, 0.6) is 5.88 Å². The molecule has 0 saturated carbocycles. The molecule has 0 atom stereocenters. The van der Waals surface area contributed by atoms with Gasteiger partial charge in [-0.3, -0.25) is 0 Å². The Morgan fingerprint density at radius 2 is 2.05 bits per heavy atom. The Bertz CT molecular complexity index is 584. The lowest BCUT2D eigenvalue weighted by Gasteiger charge is -2.10. The van der Waals surface area contributed by atoms with Crippen LogP contribution in [-0.2, 0) is 6.54 Å². The molecular formula is C16H19FN2O. The van der Waals surface area contributed by atoms with Gasteiger partial charge < -0.3 is 10.1 Å². The number of nitrogens with one attached hydrogen (secondary N) is 1. The van der Waals surface area contributed by atoms with Gasteiger partial charge in [-0.15, -0.1) is 0 Å². The van der Waals surface area contributed by atoms with Crippen molar-refractivity contribution in [1.29, 1.82) is 0 Å². The molecule has 1 aromatic heterocycles. The van der Waals surface area contributed by atoms with Crippen LogP contribution in [0.1, 0.15) is 19.4 Å². The molecule has 0 amide bonds. The molecule has 2 rings (SSSR count). The molecule has 0 radical (unpaired) electrons. The molecule has 2 aromatic rings. The quantitative estimate of drug-likeness (QED) is 0.907. The maximum Gasteiger partial charge on any atom is 0.213 e. The summed E-state index contributed by atoms with van der Waals surface area (Å²) in [6.07, 6.45) is 1.61. The molecule has 0 aliphatic rings. The number of pyridine rings is 1. The van der Waals surface area contributed by atoms with Crippen molar-refractivity contribution in [3.8, 4) is 17.0 Å². The Morgan fingerprint density at radius 3 is 2.70 bits per heavy atom. The molecular weight excluding hydrogens is 255 g/mol. The molecule has 1 N–H and O–H groups in total. The van der Waals surface area contributed by atoms with Gasteiger partial charge >= 0.3 is 0 Å². The van der Waals surface area contributed by atoms with E-state index in [1.807, 2.05) is 6.07 Å². The minimum atomic E-state index is -0.235. The minimum absolute atomic E-state index is 0.235. The Hall–Kier alpha value is -1.94. The predicted molar refractivity (Wildman–Crippen MR) is 78.2 cm³/mol. The zero-order chi connectivity index (χ0) is 14.5. The van der Waals surface area contributed by atoms with Gasteiger partial charge in [-0.25, -0.2) is 9.37 Å². The van der Waals surface area contributed by atoms with E-state index in [0.717, 1.165) is 11.1 Å². The van der Waals surface area contributed by atoms with Crippen molar-refractivity contribution in [2.24, 2.45) is 0 Å². The maximum absolute atomic E-state index is 14.2. The number of nitrogens with zero attached hydrogens (tertiary/aromatic N) is 1. The Morgan fingerprint density at radius 1 is 1.25 bits per heavy atom. The van der Waals surface area contributed by atoms with Crippen molar-refractivity contribution in [3.63, 3.8) is 0 Å². The van der Waals surface area contributed by atoms with Gasteiger partial charge in [0.15, 0.2) is 0 Å². The number of ether oxygens (including phenoxy) is 1. The van der Waals surface area contributed by atoms with Crippen molar-refractivity contribution in [1.82, 2.24) is 10.3 Å². The second-order valence-corrected chi connectivity index (χ2v) is 4.94. The van der Waals surface area contributed by atoms with Gasteiger partial charge in [0.25, 0.3) is 0 Å². The Kier molecular flexibility index (Phi) is 4.69. The van der Waals surface area contributed by atoms with Gasteiger partial charge in [0.2, 0.25) is 5.88 Å². The molecule has 0 aliphatic carbocycles. The molecule has 20 heavy (non-hydrogen) atoms. The number of aromatic nitrogens is 1. The SMILES string of the molecule is COc1cc(-c2ccc(CNC(C)C)cc2F)ccn1. The van der Waals surface area contributed by atoms with Crippen molar-refractivity contribution in [3.05, 3.63) is 47.9 Å². The van der Waals surface area contributed by atoms with E-state index in [0.29, 0.717) is 24.0 Å². The standard InChI is InChI=1S/C16H19FN2O/c1-11(2)19-10-12-4-5-14(15(17)8-12)13-6-7-18-16(9-13)20-3/h4-9,11,19H,10H2,1-3H3. The largest absolute Gasteiger partial charge is 0.481 e. The minimum Gasteiger partial charge on any atom is -0.481 e. The number of hydrogen-bond donors (Lipinski definition) is 1. The third-order valence-electron chi connectivity index (χ3n) is 3.00. The molecule has 0 aliphatic heterocycles. The van der Waals surface area contributed by atoms with Crippen LogP contribution in [0.25, 0.3) is 11.1 Å². The third-order valence-corrected chi connectivity index (χ3v) is 3.00. The summed E-state index contributed by atoms with van der Waals surface area (Å²) in [7, 11) is 1.54. The van der Waals surface area contributed by atoms with E-state index >= 15 is 0 Å². The molecule has 0 saturated heterocycles. The molecule has 0 unspecified atom stereocenters. The van der Waals surface area contributed by atoms with E-state index in [-0.39, 0.29) is 5.82 Å². The first-order valence-electron chi connectivity index (χ1n) is 6.62. The summed E-state index contributed by atoms with van der Waals surface area (Å²) < 4.78 is 19.3. The fourth-order valence-electron chi connectivity index (χ4n) is 1.91. The van der Waals surface area contributed by atoms with Gasteiger partial charge in [0.1, 0.15) is 5.82 Å². The number of rotatable bonds is 5. The van der Waals surface area contributed by atoms with E-state index in [9.17, 15) is 4.39 Å². The van der Waals surface area contributed by atoms with Crippen molar-refractivity contribution < 1.29 is 9.13 Å². The lowest BCUT2D eigenvalue weighted by molar-refractivity contribution is 0.398. The molecule has 106 valence electrons. The van der Waals surface area contributed by atoms with Crippen LogP contribution in [-0.4, -0.2) is 18.1 Å². The van der Waals surface area contributed by atoms with Gasteiger partial charge in [0, 0.05) is 30.4 Å². The highest BCUT2D eigenvalue weighted by Gasteiger charge is 2.08. The summed E-state index contributed by atoms with van der Waals surface area (Å²) in [6.45, 7) is 4.79. The Balaban J connectivity index is 2.24. The summed E-state index contributed by atoms with van der Waals surface area (Å²) in [4.78, 5) is 4.02. The summed E-state index contributed by atoms with van der Waals surface area (Å²) in [5, 5.41) is 3.27. The predicted octanol–water partition coefficient (Wildman–Crippen LogP) is 3.39. The van der Waals surface area contributed by atoms with Gasteiger partial charge in [-0.1, -0.05) is 26.0 Å². The van der Waals surface area contributed by atoms with Crippen molar-refractivity contribution >= 4 is 0 Å². The van der Waals surface area contributed by atoms with E-state index in [2.05, 4.69) is 24.1 Å². The molecule has 3 nitrogen and oxygen atoms in total. The lowest BCUT2D eigenvalue weighted by atomic mass is 10.0. The fourth-order valence-corrected chi connectivity index (χ4v) is 1.91. The van der Waals surface area contributed by atoms with Crippen LogP contribution >= 0.6 is 0 Å². The summed E-state index contributed by atoms with van der Waals surface area (Å²) in [5.74, 6) is 0.244. The van der Waals surface area contributed by atoms with Gasteiger partial charge in [-0.05, 0) is 23.3 Å². The van der Waals surface area contributed by atoms with E-state index in [1.54, 1.807) is 37.6 Å². The van der Waals surface area contributed by atoms with Gasteiger partial charge in [0.05, 0.1) is 7.11 Å². The summed E-state index contributed by atoms with van der Waals surface area (Å²) in [5.41, 5.74) is 2.25. The zero-order valence-electron chi connectivity index (χ0n) is 12.0. The normalized spacial score (nSPS) is 10.8. The highest BCUT2D eigenvalue weighted by Crippen LogP contribution is 2.25. The molecule has 1 aromatic carbocycles. The van der Waals surface area contributed by atoms with Crippen molar-refractivity contribution in [2.45, 2.75) is 26.4 Å².